The fourth-order valence-electron chi connectivity index (χ4n) is 2.52. The van der Waals surface area contributed by atoms with Crippen LogP contribution in [-0.4, -0.2) is 25.2 Å². The van der Waals surface area contributed by atoms with Gasteiger partial charge in [-0.25, -0.2) is 0 Å². The Morgan fingerprint density at radius 2 is 1.88 bits per heavy atom. The van der Waals surface area contributed by atoms with E-state index in [1.165, 1.54) is 14.2 Å². The van der Waals surface area contributed by atoms with Crippen molar-refractivity contribution >= 4 is 28.9 Å². The van der Waals surface area contributed by atoms with Crippen LogP contribution in [0.5, 0.6) is 11.5 Å². The highest BCUT2D eigenvalue weighted by atomic mass is 32.1. The van der Waals surface area contributed by atoms with Crippen molar-refractivity contribution < 1.29 is 14.3 Å². The molecule has 0 aliphatic heterocycles. The van der Waals surface area contributed by atoms with Gasteiger partial charge in [-0.05, 0) is 54.9 Å². The fraction of sp³-hybridized carbons (Fsp3) is 0.263. The highest BCUT2D eigenvalue weighted by Gasteiger charge is 2.14. The van der Waals surface area contributed by atoms with E-state index >= 15 is 0 Å². The molecule has 0 saturated heterocycles. The average Bonchev–Trinajstić information content (AvgIpc) is 2.67. The third kappa shape index (κ3) is 4.64. The number of hydrogen-bond donors (Lipinski definition) is 3. The SMILES string of the molecule is CCc1cccc(C)c1NC(=S)NNC(=O)c1cc(OC)ccc1OC. The highest BCUT2D eigenvalue weighted by molar-refractivity contribution is 7.80. The summed E-state index contributed by atoms with van der Waals surface area (Å²) in [6, 6.07) is 11.0. The van der Waals surface area contributed by atoms with Crippen molar-refractivity contribution in [2.45, 2.75) is 20.3 Å². The molecule has 0 fully saturated rings. The summed E-state index contributed by atoms with van der Waals surface area (Å²) in [5.41, 5.74) is 8.81. The Bertz CT molecular complexity index is 809. The number of methoxy groups -OCH3 is 2. The highest BCUT2D eigenvalue weighted by Crippen LogP contribution is 2.24. The molecule has 2 aromatic rings. The molecule has 0 atom stereocenters. The zero-order valence-corrected chi connectivity index (χ0v) is 16.1. The number of rotatable bonds is 5. The molecule has 2 rings (SSSR count). The van der Waals surface area contributed by atoms with Crippen molar-refractivity contribution in [1.29, 1.82) is 0 Å². The van der Waals surface area contributed by atoms with E-state index in [4.69, 9.17) is 21.7 Å². The maximum absolute atomic E-state index is 12.4. The van der Waals surface area contributed by atoms with Crippen molar-refractivity contribution in [2.75, 3.05) is 19.5 Å². The summed E-state index contributed by atoms with van der Waals surface area (Å²) in [6.45, 7) is 4.08. The predicted molar refractivity (Wildman–Crippen MR) is 107 cm³/mol. The van der Waals surface area contributed by atoms with Crippen molar-refractivity contribution in [3.63, 3.8) is 0 Å². The minimum Gasteiger partial charge on any atom is -0.497 e. The Hall–Kier alpha value is -2.80. The molecular formula is C19H23N3O3S. The molecule has 0 heterocycles. The van der Waals surface area contributed by atoms with Crippen molar-refractivity contribution in [2.24, 2.45) is 0 Å². The number of thiocarbonyl (C=S) groups is 1. The molecule has 0 unspecified atom stereocenters. The van der Waals surface area contributed by atoms with Gasteiger partial charge in [0, 0.05) is 5.69 Å². The first kappa shape index (κ1) is 19.5. The lowest BCUT2D eigenvalue weighted by Crippen LogP contribution is -2.44. The molecule has 0 aliphatic carbocycles. The van der Waals surface area contributed by atoms with Gasteiger partial charge >= 0.3 is 0 Å². The smallest absolute Gasteiger partial charge is 0.273 e. The third-order valence-electron chi connectivity index (χ3n) is 3.92. The third-order valence-corrected chi connectivity index (χ3v) is 4.12. The van der Waals surface area contributed by atoms with Gasteiger partial charge in [0.1, 0.15) is 11.5 Å². The van der Waals surface area contributed by atoms with Gasteiger partial charge < -0.3 is 14.8 Å². The molecule has 0 radical (unpaired) electrons. The number of para-hydroxylation sites is 1. The number of hydrogen-bond acceptors (Lipinski definition) is 4. The second kappa shape index (κ2) is 9.05. The molecule has 0 aliphatic rings. The summed E-state index contributed by atoms with van der Waals surface area (Å²) in [4.78, 5) is 12.4. The van der Waals surface area contributed by atoms with Crippen LogP contribution in [0.15, 0.2) is 36.4 Å². The number of benzene rings is 2. The summed E-state index contributed by atoms with van der Waals surface area (Å²) in [6.07, 6.45) is 0.875. The van der Waals surface area contributed by atoms with Gasteiger partial charge in [0.05, 0.1) is 19.8 Å². The van der Waals surface area contributed by atoms with Gasteiger partial charge in [0.25, 0.3) is 5.91 Å². The minimum absolute atomic E-state index is 0.296. The van der Waals surface area contributed by atoms with Crippen LogP contribution in [0.1, 0.15) is 28.4 Å². The molecule has 0 spiro atoms. The van der Waals surface area contributed by atoms with Gasteiger partial charge in [-0.3, -0.25) is 15.6 Å². The molecular weight excluding hydrogens is 350 g/mol. The molecule has 2 aromatic carbocycles. The van der Waals surface area contributed by atoms with Crippen molar-refractivity contribution in [3.05, 3.63) is 53.1 Å². The molecule has 138 valence electrons. The first-order valence-corrected chi connectivity index (χ1v) is 8.58. The van der Waals surface area contributed by atoms with Gasteiger partial charge in [-0.2, -0.15) is 0 Å². The molecule has 7 heteroatoms. The second-order valence-corrected chi connectivity index (χ2v) is 5.97. The largest absolute Gasteiger partial charge is 0.497 e. The lowest BCUT2D eigenvalue weighted by molar-refractivity contribution is 0.0940. The molecule has 26 heavy (non-hydrogen) atoms. The lowest BCUT2D eigenvalue weighted by atomic mass is 10.1. The van der Waals surface area contributed by atoms with Gasteiger partial charge in [-0.1, -0.05) is 25.1 Å². The molecule has 6 nitrogen and oxygen atoms in total. The minimum atomic E-state index is -0.384. The van der Waals surface area contributed by atoms with E-state index in [-0.39, 0.29) is 5.91 Å². The first-order valence-electron chi connectivity index (χ1n) is 8.18. The molecule has 1 amide bonds. The summed E-state index contributed by atoms with van der Waals surface area (Å²) in [7, 11) is 3.04. The van der Waals surface area contributed by atoms with Crippen LogP contribution in [0, 0.1) is 6.92 Å². The lowest BCUT2D eigenvalue weighted by Gasteiger charge is -2.17. The summed E-state index contributed by atoms with van der Waals surface area (Å²) in [5, 5.41) is 3.43. The summed E-state index contributed by atoms with van der Waals surface area (Å²) in [5.74, 6) is 0.616. The Labute approximate surface area is 158 Å². The van der Waals surface area contributed by atoms with Gasteiger partial charge in [-0.15, -0.1) is 0 Å². The van der Waals surface area contributed by atoms with Crippen molar-refractivity contribution in [1.82, 2.24) is 10.9 Å². The molecule has 0 bridgehead atoms. The van der Waals surface area contributed by atoms with Gasteiger partial charge in [0.2, 0.25) is 0 Å². The number of ether oxygens (including phenoxy) is 2. The number of aryl methyl sites for hydroxylation is 2. The van der Waals surface area contributed by atoms with E-state index in [1.807, 2.05) is 25.1 Å². The second-order valence-electron chi connectivity index (χ2n) is 5.56. The predicted octanol–water partition coefficient (Wildman–Crippen LogP) is 3.21. The van der Waals surface area contributed by atoms with E-state index in [1.54, 1.807) is 18.2 Å². The van der Waals surface area contributed by atoms with E-state index in [2.05, 4.69) is 23.1 Å². The number of nitrogens with one attached hydrogen (secondary N) is 3. The van der Waals surface area contributed by atoms with Crippen LogP contribution in [-0.2, 0) is 6.42 Å². The zero-order valence-electron chi connectivity index (χ0n) is 15.3. The number of anilines is 1. The van der Waals surface area contributed by atoms with Crippen LogP contribution in [0.3, 0.4) is 0 Å². The fourth-order valence-corrected chi connectivity index (χ4v) is 2.67. The van der Waals surface area contributed by atoms with E-state index in [0.29, 0.717) is 22.2 Å². The van der Waals surface area contributed by atoms with Gasteiger partial charge in [0.15, 0.2) is 5.11 Å². The van der Waals surface area contributed by atoms with Crippen LogP contribution < -0.4 is 25.6 Å². The van der Waals surface area contributed by atoms with E-state index < -0.39 is 0 Å². The zero-order chi connectivity index (χ0) is 19.1. The Morgan fingerprint density at radius 3 is 2.54 bits per heavy atom. The number of carbonyl (C=O) groups excluding carboxylic acids is 1. The molecule has 3 N–H and O–H groups in total. The standard InChI is InChI=1S/C19H23N3O3S/c1-5-13-8-6-7-12(2)17(13)20-19(26)22-21-18(23)15-11-14(24-3)9-10-16(15)25-4/h6-11H,5H2,1-4H3,(H,21,23)(H2,20,22,26). The Kier molecular flexibility index (Phi) is 6.80. The molecule has 0 saturated carbocycles. The number of hydrazine groups is 1. The quantitative estimate of drug-likeness (QED) is 0.552. The van der Waals surface area contributed by atoms with Crippen LogP contribution in [0.25, 0.3) is 0 Å². The van der Waals surface area contributed by atoms with Crippen LogP contribution in [0.2, 0.25) is 0 Å². The Morgan fingerprint density at radius 1 is 1.12 bits per heavy atom. The van der Waals surface area contributed by atoms with Crippen LogP contribution in [0.4, 0.5) is 5.69 Å². The number of carbonyl (C=O) groups is 1. The van der Waals surface area contributed by atoms with Crippen molar-refractivity contribution in [3.8, 4) is 11.5 Å². The summed E-state index contributed by atoms with van der Waals surface area (Å²) >= 11 is 5.29. The monoisotopic (exact) mass is 373 g/mol. The number of amides is 1. The maximum atomic E-state index is 12.4. The van der Waals surface area contributed by atoms with E-state index in [0.717, 1.165) is 23.2 Å². The molecule has 0 aromatic heterocycles. The van der Waals surface area contributed by atoms with Crippen LogP contribution >= 0.6 is 12.2 Å². The normalized spacial score (nSPS) is 10.0. The maximum Gasteiger partial charge on any atom is 0.273 e. The summed E-state index contributed by atoms with van der Waals surface area (Å²) < 4.78 is 10.4. The Balaban J connectivity index is 2.05. The average molecular weight is 373 g/mol. The first-order chi connectivity index (χ1) is 12.5. The van der Waals surface area contributed by atoms with E-state index in [9.17, 15) is 4.79 Å². The topological polar surface area (TPSA) is 71.6 Å².